The van der Waals surface area contributed by atoms with Crippen LogP contribution < -0.4 is 20.1 Å². The van der Waals surface area contributed by atoms with Crippen molar-refractivity contribution in [2.24, 2.45) is 4.99 Å². The highest BCUT2D eigenvalue weighted by Gasteiger charge is 2.33. The molecule has 0 saturated carbocycles. The van der Waals surface area contributed by atoms with Crippen LogP contribution >= 0.6 is 11.3 Å². The standard InChI is InChI=1S/C18H23F3N4O3S/c1-4-22-17(24-9-16-25-15(10-29-16)18(19,20)21)23-8-14(26)11-5-12(27-2)7-13(6-11)28-3/h5-7,10,14,26H,4,8-9H2,1-3H3,(H2,22,23,24). The fraction of sp³-hybridized carbons (Fsp3) is 0.444. The van der Waals surface area contributed by atoms with Gasteiger partial charge in [0, 0.05) is 24.5 Å². The van der Waals surface area contributed by atoms with Gasteiger partial charge in [0.1, 0.15) is 16.5 Å². The van der Waals surface area contributed by atoms with Crippen molar-refractivity contribution >= 4 is 17.3 Å². The number of nitrogens with zero attached hydrogens (tertiary/aromatic N) is 2. The minimum absolute atomic E-state index is 0.0147. The van der Waals surface area contributed by atoms with E-state index in [1.807, 2.05) is 6.92 Å². The van der Waals surface area contributed by atoms with Crippen molar-refractivity contribution in [1.29, 1.82) is 0 Å². The molecule has 2 aromatic rings. The van der Waals surface area contributed by atoms with Gasteiger partial charge in [-0.2, -0.15) is 13.2 Å². The van der Waals surface area contributed by atoms with Crippen LogP contribution in [0.3, 0.4) is 0 Å². The van der Waals surface area contributed by atoms with Crippen LogP contribution in [0, 0.1) is 0 Å². The minimum Gasteiger partial charge on any atom is -0.497 e. The second kappa shape index (κ2) is 10.3. The zero-order valence-electron chi connectivity index (χ0n) is 16.2. The number of alkyl halides is 3. The molecule has 1 atom stereocenters. The van der Waals surface area contributed by atoms with E-state index in [-0.39, 0.29) is 18.1 Å². The number of aromatic nitrogens is 1. The van der Waals surface area contributed by atoms with E-state index in [1.54, 1.807) is 18.2 Å². The maximum Gasteiger partial charge on any atom is 0.434 e. The summed E-state index contributed by atoms with van der Waals surface area (Å²) in [4.78, 5) is 7.78. The Bertz CT molecular complexity index is 805. The molecule has 0 radical (unpaired) electrons. The number of aliphatic imine (C=N–C) groups is 1. The van der Waals surface area contributed by atoms with Crippen molar-refractivity contribution in [3.05, 3.63) is 39.8 Å². The molecule has 160 valence electrons. The van der Waals surface area contributed by atoms with E-state index >= 15 is 0 Å². The van der Waals surface area contributed by atoms with Crippen LogP contribution in [0.1, 0.15) is 29.3 Å². The van der Waals surface area contributed by atoms with Crippen molar-refractivity contribution < 1.29 is 27.8 Å². The van der Waals surface area contributed by atoms with Crippen LogP contribution in [-0.2, 0) is 12.7 Å². The molecule has 1 aromatic carbocycles. The molecule has 2 rings (SSSR count). The Balaban J connectivity index is 2.03. The summed E-state index contributed by atoms with van der Waals surface area (Å²) in [6, 6.07) is 5.07. The fourth-order valence-corrected chi connectivity index (χ4v) is 3.06. The summed E-state index contributed by atoms with van der Waals surface area (Å²) in [6.07, 6.45) is -5.36. The number of methoxy groups -OCH3 is 2. The number of hydrogen-bond donors (Lipinski definition) is 3. The van der Waals surface area contributed by atoms with Gasteiger partial charge in [0.2, 0.25) is 0 Å². The summed E-state index contributed by atoms with van der Waals surface area (Å²) in [7, 11) is 3.03. The zero-order valence-corrected chi connectivity index (χ0v) is 17.0. The Kier molecular flexibility index (Phi) is 8.09. The van der Waals surface area contributed by atoms with Crippen molar-refractivity contribution in [1.82, 2.24) is 15.6 Å². The highest BCUT2D eigenvalue weighted by molar-refractivity contribution is 7.09. The molecule has 0 aliphatic carbocycles. The van der Waals surface area contributed by atoms with Crippen LogP contribution in [0.4, 0.5) is 13.2 Å². The van der Waals surface area contributed by atoms with Crippen molar-refractivity contribution in [2.75, 3.05) is 27.3 Å². The van der Waals surface area contributed by atoms with E-state index in [4.69, 9.17) is 9.47 Å². The number of rotatable bonds is 8. The SMILES string of the molecule is CCNC(=NCc1nc(C(F)(F)F)cs1)NCC(O)c1cc(OC)cc(OC)c1. The lowest BCUT2D eigenvalue weighted by molar-refractivity contribution is -0.140. The Morgan fingerprint density at radius 2 is 1.86 bits per heavy atom. The first-order valence-electron chi connectivity index (χ1n) is 8.71. The number of halogens is 3. The van der Waals surface area contributed by atoms with Crippen LogP contribution in [-0.4, -0.2) is 43.4 Å². The van der Waals surface area contributed by atoms with Crippen LogP contribution in [0.15, 0.2) is 28.6 Å². The van der Waals surface area contributed by atoms with Crippen molar-refractivity contribution in [3.8, 4) is 11.5 Å². The first-order chi connectivity index (χ1) is 13.8. The van der Waals surface area contributed by atoms with Gasteiger partial charge in [-0.15, -0.1) is 11.3 Å². The predicted octanol–water partition coefficient (Wildman–Crippen LogP) is 2.97. The summed E-state index contributed by atoms with van der Waals surface area (Å²) in [5.74, 6) is 1.44. The average Bonchev–Trinajstić information content (AvgIpc) is 3.19. The smallest absolute Gasteiger partial charge is 0.434 e. The van der Waals surface area contributed by atoms with E-state index in [2.05, 4.69) is 20.6 Å². The van der Waals surface area contributed by atoms with E-state index < -0.39 is 18.0 Å². The van der Waals surface area contributed by atoms with Crippen LogP contribution in [0.2, 0.25) is 0 Å². The lowest BCUT2D eigenvalue weighted by atomic mass is 10.1. The third kappa shape index (κ3) is 6.79. The maximum atomic E-state index is 12.6. The van der Waals surface area contributed by atoms with E-state index in [1.165, 1.54) is 14.2 Å². The monoisotopic (exact) mass is 432 g/mol. The molecule has 0 bridgehead atoms. The Labute approximate surface area is 170 Å². The van der Waals surface area contributed by atoms with Gasteiger partial charge in [0.25, 0.3) is 0 Å². The van der Waals surface area contributed by atoms with E-state index in [9.17, 15) is 18.3 Å². The summed E-state index contributed by atoms with van der Waals surface area (Å²) in [5, 5.41) is 17.6. The first kappa shape index (κ1) is 22.8. The molecule has 1 heterocycles. The van der Waals surface area contributed by atoms with Crippen LogP contribution in [0.25, 0.3) is 0 Å². The topological polar surface area (TPSA) is 88.0 Å². The lowest BCUT2D eigenvalue weighted by Gasteiger charge is -2.17. The van der Waals surface area contributed by atoms with Gasteiger partial charge in [0.05, 0.1) is 26.9 Å². The Hall–Kier alpha value is -2.53. The summed E-state index contributed by atoms with van der Waals surface area (Å²) in [6.45, 7) is 2.50. The quantitative estimate of drug-likeness (QED) is 0.439. The summed E-state index contributed by atoms with van der Waals surface area (Å²) in [5.41, 5.74) is -0.340. The molecule has 1 aromatic heterocycles. The largest absolute Gasteiger partial charge is 0.497 e. The molecular weight excluding hydrogens is 409 g/mol. The number of benzene rings is 1. The normalized spacial score (nSPS) is 13.1. The highest BCUT2D eigenvalue weighted by atomic mass is 32.1. The third-order valence-corrected chi connectivity index (χ3v) is 4.61. The number of aliphatic hydroxyl groups is 1. The Morgan fingerprint density at radius 3 is 2.38 bits per heavy atom. The number of ether oxygens (including phenoxy) is 2. The van der Waals surface area contributed by atoms with Gasteiger partial charge < -0.3 is 25.2 Å². The zero-order chi connectivity index (χ0) is 21.4. The number of hydrogen-bond acceptors (Lipinski definition) is 6. The first-order valence-corrected chi connectivity index (χ1v) is 9.59. The third-order valence-electron chi connectivity index (χ3n) is 3.78. The van der Waals surface area contributed by atoms with Gasteiger partial charge >= 0.3 is 6.18 Å². The molecule has 3 N–H and O–H groups in total. The molecule has 1 unspecified atom stereocenters. The van der Waals surface area contributed by atoms with Crippen molar-refractivity contribution in [3.63, 3.8) is 0 Å². The molecule has 0 fully saturated rings. The Morgan fingerprint density at radius 1 is 1.21 bits per heavy atom. The van der Waals surface area contributed by atoms with Crippen LogP contribution in [0.5, 0.6) is 11.5 Å². The molecule has 11 heteroatoms. The lowest BCUT2D eigenvalue weighted by Crippen LogP contribution is -2.39. The van der Waals surface area contributed by atoms with E-state index in [0.717, 1.165) is 16.7 Å². The van der Waals surface area contributed by atoms with Gasteiger partial charge in [-0.1, -0.05) is 0 Å². The van der Waals surface area contributed by atoms with Gasteiger partial charge in [-0.25, -0.2) is 9.98 Å². The molecule has 29 heavy (non-hydrogen) atoms. The van der Waals surface area contributed by atoms with E-state index in [0.29, 0.717) is 29.6 Å². The molecule has 0 aliphatic heterocycles. The molecule has 0 saturated heterocycles. The average molecular weight is 432 g/mol. The van der Waals surface area contributed by atoms with Gasteiger partial charge in [-0.05, 0) is 24.6 Å². The molecule has 0 spiro atoms. The molecule has 7 nitrogen and oxygen atoms in total. The minimum atomic E-state index is -4.47. The molecular formula is C18H23F3N4O3S. The fourth-order valence-electron chi connectivity index (χ4n) is 2.34. The van der Waals surface area contributed by atoms with Gasteiger partial charge in [0.15, 0.2) is 11.7 Å². The van der Waals surface area contributed by atoms with Crippen molar-refractivity contribution in [2.45, 2.75) is 25.7 Å². The second-order valence-corrected chi connectivity index (χ2v) is 6.80. The molecule has 0 amide bonds. The number of aliphatic hydroxyl groups excluding tert-OH is 1. The summed E-state index contributed by atoms with van der Waals surface area (Å²) >= 11 is 0.895. The summed E-state index contributed by atoms with van der Waals surface area (Å²) < 4.78 is 48.3. The maximum absolute atomic E-state index is 12.6. The second-order valence-electron chi connectivity index (χ2n) is 5.86. The number of guanidine groups is 1. The van der Waals surface area contributed by atoms with Gasteiger partial charge in [-0.3, -0.25) is 0 Å². The number of thiazole rings is 1. The predicted molar refractivity (Wildman–Crippen MR) is 104 cm³/mol. The number of nitrogens with one attached hydrogen (secondary N) is 2. The molecule has 0 aliphatic rings. The highest BCUT2D eigenvalue weighted by Crippen LogP contribution is 2.30.